The normalized spacial score (nSPS) is 43.5. The van der Waals surface area contributed by atoms with E-state index in [2.05, 4.69) is 47.1 Å². The number of piperidine rings is 2. The van der Waals surface area contributed by atoms with Gasteiger partial charge in [-0.1, -0.05) is 29.8 Å². The molecule has 1 aromatic rings. The van der Waals surface area contributed by atoms with E-state index >= 15 is 0 Å². The zero-order valence-electron chi connectivity index (χ0n) is 16.6. The van der Waals surface area contributed by atoms with E-state index in [9.17, 15) is 4.79 Å². The van der Waals surface area contributed by atoms with Crippen molar-refractivity contribution >= 4 is 11.7 Å². The fraction of sp³-hybridized carbons (Fsp3) is 0.591. The van der Waals surface area contributed by atoms with Crippen molar-refractivity contribution in [3.63, 3.8) is 0 Å². The Labute approximate surface area is 165 Å². The van der Waals surface area contributed by atoms with Crippen LogP contribution in [0, 0.1) is 11.8 Å². The lowest BCUT2D eigenvalue weighted by atomic mass is 9.49. The first kappa shape index (κ1) is 17.0. The highest BCUT2D eigenvalue weighted by Crippen LogP contribution is 2.74. The maximum atomic E-state index is 13.3. The maximum absolute atomic E-state index is 13.3. The first-order chi connectivity index (χ1) is 13.6. The Morgan fingerprint density at radius 3 is 2.93 bits per heavy atom. The van der Waals surface area contributed by atoms with Crippen molar-refractivity contribution < 1.29 is 19.0 Å². The van der Waals surface area contributed by atoms with Crippen LogP contribution in [0.4, 0.5) is 5.69 Å². The van der Waals surface area contributed by atoms with E-state index < -0.39 is 11.1 Å². The number of ether oxygens (including phenoxy) is 3. The van der Waals surface area contributed by atoms with Crippen LogP contribution in [0.1, 0.15) is 25.3 Å². The summed E-state index contributed by atoms with van der Waals surface area (Å²) < 4.78 is 17.9. The number of anilines is 1. The summed E-state index contributed by atoms with van der Waals surface area (Å²) in [7, 11) is 3.24. The van der Waals surface area contributed by atoms with Gasteiger partial charge in [0, 0.05) is 25.8 Å². The van der Waals surface area contributed by atoms with Crippen molar-refractivity contribution in [1.82, 2.24) is 4.90 Å². The van der Waals surface area contributed by atoms with Gasteiger partial charge >= 0.3 is 5.97 Å². The molecule has 4 heterocycles. The Morgan fingerprint density at radius 1 is 1.36 bits per heavy atom. The zero-order chi connectivity index (χ0) is 19.3. The molecule has 6 heteroatoms. The second kappa shape index (κ2) is 5.38. The maximum Gasteiger partial charge on any atom is 0.310 e. The Kier molecular flexibility index (Phi) is 3.27. The van der Waals surface area contributed by atoms with Crippen LogP contribution < -0.4 is 4.90 Å². The molecule has 4 bridgehead atoms. The van der Waals surface area contributed by atoms with Crippen molar-refractivity contribution in [3.05, 3.63) is 41.5 Å². The van der Waals surface area contributed by atoms with Crippen LogP contribution in [0.15, 0.2) is 35.9 Å². The molecule has 1 aliphatic carbocycles. The van der Waals surface area contributed by atoms with E-state index in [0.29, 0.717) is 6.73 Å². The number of fused-ring (bicyclic) bond motifs is 4. The Balaban J connectivity index is 1.67. The van der Waals surface area contributed by atoms with Gasteiger partial charge in [-0.15, -0.1) is 0 Å². The van der Waals surface area contributed by atoms with E-state index in [4.69, 9.17) is 14.2 Å². The number of hydrogen-bond donors (Lipinski definition) is 0. The summed E-state index contributed by atoms with van der Waals surface area (Å²) in [6, 6.07) is 8.73. The molecule has 0 N–H and O–H groups in total. The molecule has 0 radical (unpaired) electrons. The molecule has 28 heavy (non-hydrogen) atoms. The number of carbonyl (C=O) groups is 1. The number of hydrogen-bond acceptors (Lipinski definition) is 6. The average Bonchev–Trinajstić information content (AvgIpc) is 3.32. The van der Waals surface area contributed by atoms with Crippen molar-refractivity contribution in [2.75, 3.05) is 32.4 Å². The number of allylic oxidation sites excluding steroid dienone is 1. The standard InChI is InChI=1S/C22H26N2O4/c1-4-13-11-23-17-9-14(13)19(20(25)27-3)21-10-18(23)28-22(17,21)24(12-26-2)16-8-6-5-7-15(16)21/h4-8,14,17-19H,9-12H2,1-3H3. The summed E-state index contributed by atoms with van der Waals surface area (Å²) in [5.74, 6) is -0.152. The second-order valence-electron chi connectivity index (χ2n) is 8.70. The van der Waals surface area contributed by atoms with Gasteiger partial charge in [-0.05, 0) is 30.9 Å². The first-order valence-electron chi connectivity index (χ1n) is 10.2. The summed E-state index contributed by atoms with van der Waals surface area (Å²) in [4.78, 5) is 18.1. The number of esters is 1. The fourth-order valence-electron chi connectivity index (χ4n) is 7.34. The summed E-state index contributed by atoms with van der Waals surface area (Å²) in [6.07, 6.45) is 3.98. The van der Waals surface area contributed by atoms with Crippen LogP contribution in [0.25, 0.3) is 0 Å². The molecular formula is C22H26N2O4. The van der Waals surface area contributed by atoms with Crippen molar-refractivity contribution in [2.24, 2.45) is 11.8 Å². The summed E-state index contributed by atoms with van der Waals surface area (Å²) >= 11 is 0. The zero-order valence-corrected chi connectivity index (χ0v) is 16.6. The Bertz CT molecular complexity index is 900. The number of carbonyl (C=O) groups excluding carboxylic acids is 1. The Morgan fingerprint density at radius 2 is 2.18 bits per heavy atom. The molecule has 4 fully saturated rings. The third-order valence-corrected chi connectivity index (χ3v) is 8.09. The highest BCUT2D eigenvalue weighted by molar-refractivity contribution is 5.82. The highest BCUT2D eigenvalue weighted by atomic mass is 16.6. The summed E-state index contributed by atoms with van der Waals surface area (Å²) in [5, 5.41) is 0. The van der Waals surface area contributed by atoms with E-state index in [1.165, 1.54) is 18.2 Å². The van der Waals surface area contributed by atoms with Crippen LogP contribution in [0.5, 0.6) is 0 Å². The lowest BCUT2D eigenvalue weighted by Gasteiger charge is -2.61. The summed E-state index contributed by atoms with van der Waals surface area (Å²) in [5.41, 5.74) is 2.73. The number of benzene rings is 1. The predicted octanol–water partition coefficient (Wildman–Crippen LogP) is 2.24. The van der Waals surface area contributed by atoms with Crippen LogP contribution in [0.2, 0.25) is 0 Å². The van der Waals surface area contributed by atoms with E-state index in [1.807, 2.05) is 0 Å². The van der Waals surface area contributed by atoms with Crippen LogP contribution in [-0.2, 0) is 24.4 Å². The largest absolute Gasteiger partial charge is 0.469 e. The van der Waals surface area contributed by atoms with Gasteiger partial charge in [-0.25, -0.2) is 0 Å². The van der Waals surface area contributed by atoms with Crippen molar-refractivity contribution in [2.45, 2.75) is 43.2 Å². The van der Waals surface area contributed by atoms with Crippen molar-refractivity contribution in [3.8, 4) is 0 Å². The molecule has 148 valence electrons. The van der Waals surface area contributed by atoms with Gasteiger partial charge in [0.1, 0.15) is 13.0 Å². The molecular weight excluding hydrogens is 356 g/mol. The number of nitrogens with zero attached hydrogens (tertiary/aromatic N) is 2. The monoisotopic (exact) mass is 382 g/mol. The van der Waals surface area contributed by atoms with Crippen LogP contribution in [0.3, 0.4) is 0 Å². The molecule has 6 atom stereocenters. The third kappa shape index (κ3) is 1.55. The van der Waals surface area contributed by atoms with Crippen molar-refractivity contribution in [1.29, 1.82) is 0 Å². The molecule has 4 aliphatic heterocycles. The number of methoxy groups -OCH3 is 2. The fourth-order valence-corrected chi connectivity index (χ4v) is 7.34. The molecule has 6 rings (SSSR count). The minimum Gasteiger partial charge on any atom is -0.469 e. The topological polar surface area (TPSA) is 51.2 Å². The lowest BCUT2D eigenvalue weighted by molar-refractivity contribution is -0.164. The van der Waals surface area contributed by atoms with E-state index in [-0.39, 0.29) is 30.1 Å². The first-order valence-corrected chi connectivity index (χ1v) is 10.2. The molecule has 3 saturated heterocycles. The quantitative estimate of drug-likeness (QED) is 0.590. The molecule has 1 spiro atoms. The molecule has 1 aromatic carbocycles. The van der Waals surface area contributed by atoms with E-state index in [1.54, 1.807) is 7.11 Å². The molecule has 5 aliphatic rings. The molecule has 1 saturated carbocycles. The average molecular weight is 382 g/mol. The van der Waals surface area contributed by atoms with Gasteiger partial charge in [0.2, 0.25) is 0 Å². The molecule has 0 aromatic heterocycles. The van der Waals surface area contributed by atoms with Gasteiger partial charge in [0.15, 0.2) is 5.72 Å². The number of para-hydroxylation sites is 1. The van der Waals surface area contributed by atoms with Gasteiger partial charge in [-0.3, -0.25) is 9.69 Å². The van der Waals surface area contributed by atoms with Gasteiger partial charge < -0.3 is 19.1 Å². The molecule has 0 amide bonds. The highest BCUT2D eigenvalue weighted by Gasteiger charge is 2.84. The van der Waals surface area contributed by atoms with Gasteiger partial charge in [0.05, 0.1) is 24.5 Å². The SMILES string of the molecule is CC=C1CN2C3CC45c6ccccc6N(COC)C4(O3)C2CC1C5C(=O)OC. The van der Waals surface area contributed by atoms with Gasteiger partial charge in [0.25, 0.3) is 0 Å². The molecule has 6 nitrogen and oxygen atoms in total. The van der Waals surface area contributed by atoms with E-state index in [0.717, 1.165) is 25.1 Å². The van der Waals surface area contributed by atoms with Crippen LogP contribution >= 0.6 is 0 Å². The van der Waals surface area contributed by atoms with Gasteiger partial charge in [-0.2, -0.15) is 0 Å². The molecule has 6 unspecified atom stereocenters. The second-order valence-corrected chi connectivity index (χ2v) is 8.70. The Hall–Kier alpha value is -1.89. The smallest absolute Gasteiger partial charge is 0.310 e. The lowest BCUT2D eigenvalue weighted by Crippen LogP contribution is -2.75. The summed E-state index contributed by atoms with van der Waals surface area (Å²) in [6.45, 7) is 3.41. The minimum absolute atomic E-state index is 0.0288. The van der Waals surface area contributed by atoms with Crippen LogP contribution in [-0.4, -0.2) is 56.4 Å². The minimum atomic E-state index is -0.564. The third-order valence-electron chi connectivity index (χ3n) is 8.09. The predicted molar refractivity (Wildman–Crippen MR) is 103 cm³/mol. The number of rotatable bonds is 3.